The normalized spacial score (nSPS) is 14.9. The SMILES string of the molecule is Cc1ccc(CN(Cc2ccccc2)C(=O)CN(CCN2CCOCC2)C(=O)c2ccc3c(c2)OCO3)s1. The molecular weight excluding hydrogens is 502 g/mol. The lowest BCUT2D eigenvalue weighted by atomic mass is 10.1. The Morgan fingerprint density at radius 2 is 1.71 bits per heavy atom. The van der Waals surface area contributed by atoms with Crippen LogP contribution in [0.15, 0.2) is 60.7 Å². The van der Waals surface area contributed by atoms with Crippen molar-refractivity contribution in [2.24, 2.45) is 0 Å². The molecule has 38 heavy (non-hydrogen) atoms. The quantitative estimate of drug-likeness (QED) is 0.394. The molecule has 1 saturated heterocycles. The number of aryl methyl sites for hydroxylation is 1. The van der Waals surface area contributed by atoms with Crippen molar-refractivity contribution < 1.29 is 23.8 Å². The van der Waals surface area contributed by atoms with Crippen molar-refractivity contribution in [3.05, 3.63) is 81.5 Å². The maximum Gasteiger partial charge on any atom is 0.254 e. The summed E-state index contributed by atoms with van der Waals surface area (Å²) in [6.45, 7) is 7.29. The fourth-order valence-corrected chi connectivity index (χ4v) is 5.52. The average Bonchev–Trinajstić information content (AvgIpc) is 3.59. The summed E-state index contributed by atoms with van der Waals surface area (Å²) in [7, 11) is 0. The number of carbonyl (C=O) groups excluding carboxylic acids is 2. The van der Waals surface area contributed by atoms with E-state index < -0.39 is 0 Å². The van der Waals surface area contributed by atoms with Gasteiger partial charge in [0.1, 0.15) is 6.54 Å². The smallest absolute Gasteiger partial charge is 0.254 e. The van der Waals surface area contributed by atoms with E-state index in [0.29, 0.717) is 56.5 Å². The number of carbonyl (C=O) groups is 2. The van der Waals surface area contributed by atoms with Crippen LogP contribution in [0.5, 0.6) is 11.5 Å². The maximum atomic E-state index is 13.8. The van der Waals surface area contributed by atoms with Crippen LogP contribution < -0.4 is 9.47 Å². The van der Waals surface area contributed by atoms with Crippen LogP contribution in [-0.2, 0) is 22.6 Å². The average molecular weight is 536 g/mol. The Balaban J connectivity index is 1.35. The Kier molecular flexibility index (Phi) is 8.58. The first kappa shape index (κ1) is 26.2. The second-order valence-corrected chi connectivity index (χ2v) is 10.9. The summed E-state index contributed by atoms with van der Waals surface area (Å²) in [4.78, 5) is 35.6. The minimum absolute atomic E-state index is 0.00515. The summed E-state index contributed by atoms with van der Waals surface area (Å²) in [6, 6.07) is 19.3. The van der Waals surface area contributed by atoms with Gasteiger partial charge in [-0.05, 0) is 42.8 Å². The van der Waals surface area contributed by atoms with Crippen LogP contribution in [0.2, 0.25) is 0 Å². The molecule has 0 radical (unpaired) electrons. The van der Waals surface area contributed by atoms with Crippen molar-refractivity contribution in [1.82, 2.24) is 14.7 Å². The topological polar surface area (TPSA) is 71.6 Å². The first-order valence-electron chi connectivity index (χ1n) is 12.9. The highest BCUT2D eigenvalue weighted by Crippen LogP contribution is 2.33. The Labute approximate surface area is 227 Å². The molecule has 9 heteroatoms. The molecule has 1 aromatic heterocycles. The largest absolute Gasteiger partial charge is 0.454 e. The summed E-state index contributed by atoms with van der Waals surface area (Å²) in [5.41, 5.74) is 1.53. The number of hydrogen-bond acceptors (Lipinski definition) is 7. The number of thiophene rings is 1. The van der Waals surface area contributed by atoms with E-state index in [0.717, 1.165) is 23.5 Å². The molecular formula is C29H33N3O5S. The van der Waals surface area contributed by atoms with Crippen LogP contribution in [0.25, 0.3) is 0 Å². The van der Waals surface area contributed by atoms with Crippen LogP contribution in [-0.4, -0.2) is 79.2 Å². The zero-order valence-corrected chi connectivity index (χ0v) is 22.5. The van der Waals surface area contributed by atoms with E-state index in [4.69, 9.17) is 14.2 Å². The minimum atomic E-state index is -0.198. The summed E-state index contributed by atoms with van der Waals surface area (Å²) < 4.78 is 16.4. The molecule has 3 heterocycles. The lowest BCUT2D eigenvalue weighted by Gasteiger charge is -2.31. The first-order valence-corrected chi connectivity index (χ1v) is 13.7. The predicted octanol–water partition coefficient (Wildman–Crippen LogP) is 3.79. The van der Waals surface area contributed by atoms with Gasteiger partial charge in [-0.1, -0.05) is 30.3 Å². The molecule has 0 bridgehead atoms. The van der Waals surface area contributed by atoms with Crippen molar-refractivity contribution in [2.45, 2.75) is 20.0 Å². The van der Waals surface area contributed by atoms with E-state index in [1.807, 2.05) is 35.2 Å². The Bertz CT molecular complexity index is 1240. The third kappa shape index (κ3) is 6.72. The van der Waals surface area contributed by atoms with Crippen LogP contribution in [0.1, 0.15) is 25.7 Å². The van der Waals surface area contributed by atoms with Crippen LogP contribution >= 0.6 is 11.3 Å². The highest BCUT2D eigenvalue weighted by molar-refractivity contribution is 7.11. The van der Waals surface area contributed by atoms with Crippen LogP contribution in [0, 0.1) is 6.92 Å². The monoisotopic (exact) mass is 535 g/mol. The Hall–Kier alpha value is -3.40. The second kappa shape index (κ2) is 12.4. The third-order valence-corrected chi connectivity index (χ3v) is 7.72. The molecule has 0 aliphatic carbocycles. The number of nitrogens with zero attached hydrogens (tertiary/aromatic N) is 3. The van der Waals surface area contributed by atoms with E-state index in [1.54, 1.807) is 34.4 Å². The van der Waals surface area contributed by atoms with Gasteiger partial charge in [-0.3, -0.25) is 14.5 Å². The number of morpholine rings is 1. The lowest BCUT2D eigenvalue weighted by Crippen LogP contribution is -2.47. The molecule has 2 amide bonds. The van der Waals surface area contributed by atoms with Gasteiger partial charge in [0.25, 0.3) is 5.91 Å². The molecule has 5 rings (SSSR count). The van der Waals surface area contributed by atoms with Gasteiger partial charge in [-0.2, -0.15) is 0 Å². The second-order valence-electron chi connectivity index (χ2n) is 9.50. The number of rotatable bonds is 10. The molecule has 0 N–H and O–H groups in total. The van der Waals surface area contributed by atoms with Crippen LogP contribution in [0.4, 0.5) is 0 Å². The number of fused-ring (bicyclic) bond motifs is 1. The third-order valence-electron chi connectivity index (χ3n) is 6.73. The van der Waals surface area contributed by atoms with Crippen molar-refractivity contribution in [2.75, 3.05) is 52.7 Å². The van der Waals surface area contributed by atoms with E-state index in [1.165, 1.54) is 4.88 Å². The van der Waals surface area contributed by atoms with Gasteiger partial charge in [-0.15, -0.1) is 11.3 Å². The summed E-state index contributed by atoms with van der Waals surface area (Å²) in [5, 5.41) is 0. The molecule has 2 aliphatic heterocycles. The van der Waals surface area contributed by atoms with Crippen LogP contribution in [0.3, 0.4) is 0 Å². The number of ether oxygens (including phenoxy) is 3. The molecule has 200 valence electrons. The first-order chi connectivity index (χ1) is 18.5. The van der Waals surface area contributed by atoms with Crippen molar-refractivity contribution in [3.63, 3.8) is 0 Å². The molecule has 0 saturated carbocycles. The van der Waals surface area contributed by atoms with Gasteiger partial charge in [-0.25, -0.2) is 0 Å². The highest BCUT2D eigenvalue weighted by atomic mass is 32.1. The van der Waals surface area contributed by atoms with Gasteiger partial charge in [0.05, 0.1) is 19.8 Å². The van der Waals surface area contributed by atoms with Gasteiger partial charge >= 0.3 is 0 Å². The molecule has 8 nitrogen and oxygen atoms in total. The minimum Gasteiger partial charge on any atom is -0.454 e. The molecule has 0 spiro atoms. The fraction of sp³-hybridized carbons (Fsp3) is 0.379. The fourth-order valence-electron chi connectivity index (χ4n) is 4.61. The Morgan fingerprint density at radius 3 is 2.47 bits per heavy atom. The van der Waals surface area contributed by atoms with E-state index in [2.05, 4.69) is 24.0 Å². The number of amides is 2. The van der Waals surface area contributed by atoms with E-state index in [9.17, 15) is 9.59 Å². The predicted molar refractivity (Wildman–Crippen MR) is 145 cm³/mol. The van der Waals surface area contributed by atoms with Crippen molar-refractivity contribution >= 4 is 23.2 Å². The van der Waals surface area contributed by atoms with Gasteiger partial charge in [0, 0.05) is 48.0 Å². The molecule has 0 atom stereocenters. The van der Waals surface area contributed by atoms with Crippen molar-refractivity contribution in [3.8, 4) is 11.5 Å². The molecule has 1 fully saturated rings. The Morgan fingerprint density at radius 1 is 0.921 bits per heavy atom. The summed E-state index contributed by atoms with van der Waals surface area (Å²) in [5.74, 6) is 0.888. The van der Waals surface area contributed by atoms with Gasteiger partial charge < -0.3 is 24.0 Å². The summed E-state index contributed by atoms with van der Waals surface area (Å²) >= 11 is 1.69. The maximum absolute atomic E-state index is 13.8. The molecule has 3 aromatic rings. The van der Waals surface area contributed by atoms with Gasteiger partial charge in [0.15, 0.2) is 11.5 Å². The standard InChI is InChI=1S/C29H33N3O5S/c1-22-7-9-25(38-22)19-32(18-23-5-3-2-4-6-23)28(33)20-31(12-11-30-13-15-35-16-14-30)29(34)24-8-10-26-27(17-24)37-21-36-26/h2-10,17H,11-16,18-21H2,1H3. The van der Waals surface area contributed by atoms with E-state index in [-0.39, 0.29) is 25.2 Å². The van der Waals surface area contributed by atoms with Gasteiger partial charge in [0.2, 0.25) is 12.7 Å². The molecule has 2 aromatic carbocycles. The zero-order chi connectivity index (χ0) is 26.3. The number of hydrogen-bond donors (Lipinski definition) is 0. The van der Waals surface area contributed by atoms with Crippen molar-refractivity contribution in [1.29, 1.82) is 0 Å². The summed E-state index contributed by atoms with van der Waals surface area (Å²) in [6.07, 6.45) is 0. The lowest BCUT2D eigenvalue weighted by molar-refractivity contribution is -0.133. The molecule has 0 unspecified atom stereocenters. The van der Waals surface area contributed by atoms with E-state index >= 15 is 0 Å². The number of benzene rings is 2. The molecule has 2 aliphatic rings. The highest BCUT2D eigenvalue weighted by Gasteiger charge is 2.26. The zero-order valence-electron chi connectivity index (χ0n) is 21.6.